The molecule has 4 heterocycles. The zero-order chi connectivity index (χ0) is 40.9. The van der Waals surface area contributed by atoms with Crippen LogP contribution in [0.5, 0.6) is 11.8 Å². The number of aromatic nitrogens is 2. The molecule has 8 nitrogen and oxygen atoms in total. The van der Waals surface area contributed by atoms with Crippen LogP contribution in [0.4, 0.5) is 14.6 Å². The van der Waals surface area contributed by atoms with Gasteiger partial charge in [0.2, 0.25) is 0 Å². The molecule has 1 N–H and O–H groups in total. The van der Waals surface area contributed by atoms with Gasteiger partial charge in [0, 0.05) is 55.1 Å². The van der Waals surface area contributed by atoms with Crippen LogP contribution in [0.1, 0.15) is 86.1 Å². The molecule has 0 bridgehead atoms. The van der Waals surface area contributed by atoms with Crippen molar-refractivity contribution in [2.45, 2.75) is 115 Å². The van der Waals surface area contributed by atoms with Gasteiger partial charge in [0.25, 0.3) is 0 Å². The Balaban J connectivity index is 1.44. The molecular formula is C45H57ClF2N4O4Si. The van der Waals surface area contributed by atoms with E-state index in [1.807, 2.05) is 29.2 Å². The number of alkyl halides is 1. The number of halogens is 3. The summed E-state index contributed by atoms with van der Waals surface area (Å²) in [5, 5.41) is 13.3. The molecule has 3 saturated heterocycles. The van der Waals surface area contributed by atoms with Gasteiger partial charge in [-0.05, 0) is 91.0 Å². The molecule has 306 valence electrons. The minimum Gasteiger partial charge on any atom is -0.468 e. The van der Waals surface area contributed by atoms with Gasteiger partial charge in [-0.2, -0.15) is 9.97 Å². The number of aliphatic hydroxyl groups is 1. The zero-order valence-corrected chi connectivity index (χ0v) is 36.4. The Bertz CT molecular complexity index is 2190. The highest BCUT2D eigenvalue weighted by molar-refractivity contribution is 6.90. The van der Waals surface area contributed by atoms with Crippen LogP contribution in [0.3, 0.4) is 0 Å². The predicted molar refractivity (Wildman–Crippen MR) is 228 cm³/mol. The van der Waals surface area contributed by atoms with Gasteiger partial charge < -0.3 is 24.2 Å². The Labute approximate surface area is 342 Å². The maximum absolute atomic E-state index is 17.8. The molecule has 1 aromatic heterocycles. The number of piperidine rings is 1. The van der Waals surface area contributed by atoms with E-state index in [0.29, 0.717) is 71.6 Å². The van der Waals surface area contributed by atoms with Crippen LogP contribution in [-0.4, -0.2) is 92.0 Å². The second-order valence-electron chi connectivity index (χ2n) is 17.7. The molecule has 4 aromatic rings. The lowest BCUT2D eigenvalue weighted by atomic mass is 9.92. The lowest BCUT2D eigenvalue weighted by Gasteiger charge is -2.38. The third kappa shape index (κ3) is 7.85. The average molecular weight is 820 g/mol. The molecule has 3 atom stereocenters. The first-order valence-corrected chi connectivity index (χ1v) is 23.1. The maximum atomic E-state index is 17.8. The molecule has 7 rings (SSSR count). The lowest BCUT2D eigenvalue weighted by molar-refractivity contribution is 0.0447. The maximum Gasteiger partial charge on any atom is 0.319 e. The fourth-order valence-electron chi connectivity index (χ4n) is 10.3. The van der Waals surface area contributed by atoms with Crippen LogP contribution < -0.4 is 14.4 Å². The van der Waals surface area contributed by atoms with E-state index in [2.05, 4.69) is 57.9 Å². The summed E-state index contributed by atoms with van der Waals surface area (Å²) >= 11 is 7.22. The first-order valence-electron chi connectivity index (χ1n) is 20.5. The number of benzene rings is 3. The fourth-order valence-corrected chi connectivity index (χ4v) is 15.8. The predicted octanol–water partition coefficient (Wildman–Crippen LogP) is 10.1. The molecule has 3 aliphatic heterocycles. The van der Waals surface area contributed by atoms with Gasteiger partial charge in [-0.25, -0.2) is 8.78 Å². The molecule has 3 fully saturated rings. The van der Waals surface area contributed by atoms with Crippen molar-refractivity contribution < 1.29 is 28.1 Å². The van der Waals surface area contributed by atoms with Crippen molar-refractivity contribution in [1.82, 2.24) is 14.9 Å². The number of fused-ring (bicyclic) bond motifs is 3. The van der Waals surface area contributed by atoms with Crippen LogP contribution in [-0.2, 0) is 4.74 Å². The Morgan fingerprint density at radius 1 is 1.02 bits per heavy atom. The molecule has 3 aromatic carbocycles. The molecule has 3 aliphatic rings. The van der Waals surface area contributed by atoms with E-state index >= 15 is 4.39 Å². The molecule has 0 saturated carbocycles. The molecule has 0 spiro atoms. The highest BCUT2D eigenvalue weighted by Crippen LogP contribution is 2.46. The van der Waals surface area contributed by atoms with Gasteiger partial charge in [-0.3, -0.25) is 4.90 Å². The SMILES string of the molecule is COCOc1cc(-c2c(Cl)cc3c(N4CCC[C@@](C)(O)C4)nc(OC[C@@]45CCCN4C[C@H](F)C5)nc3c2F)c2c(C#C[Si](C(C)C)(C(C)C)C(C)C)cccc2c1. The number of nitrogens with zero attached hydrogens (tertiary/aromatic N) is 4. The summed E-state index contributed by atoms with van der Waals surface area (Å²) in [7, 11) is -0.580. The topological polar surface area (TPSA) is 80.2 Å². The minimum absolute atomic E-state index is 0.00261. The summed E-state index contributed by atoms with van der Waals surface area (Å²) < 4.78 is 50.1. The normalized spacial score (nSPS) is 22.9. The van der Waals surface area contributed by atoms with Crippen LogP contribution in [0.25, 0.3) is 32.8 Å². The highest BCUT2D eigenvalue weighted by atomic mass is 35.5. The standard InChI is InChI=1S/C45H57ClF2N4O4Si/c1-28(2)57(29(3)4,30(5)6)19-14-31-12-9-13-32-20-34(56-27-54-8)21-35(38(31)32)39-37(46)22-36-41(40(39)48)49-43(50-42(36)51-17-10-15-44(7,53)25-51)55-26-45-16-11-18-52(45)24-33(47)23-45/h9,12-13,20-22,28-30,33,53H,10-11,15-18,23-27H2,1-8H3/t33-,44-,45+/m1/s1. The Hall–Kier alpha value is -3.53. The van der Waals surface area contributed by atoms with E-state index in [0.717, 1.165) is 42.1 Å². The Kier molecular flexibility index (Phi) is 11.9. The van der Waals surface area contributed by atoms with Crippen molar-refractivity contribution in [1.29, 1.82) is 0 Å². The van der Waals surface area contributed by atoms with Gasteiger partial charge in [0.05, 0.1) is 16.2 Å². The zero-order valence-electron chi connectivity index (χ0n) is 34.6. The summed E-state index contributed by atoms with van der Waals surface area (Å²) in [6.07, 6.45) is 2.58. The van der Waals surface area contributed by atoms with Crippen LogP contribution in [0, 0.1) is 17.3 Å². The summed E-state index contributed by atoms with van der Waals surface area (Å²) in [6.45, 7) is 17.8. The van der Waals surface area contributed by atoms with Crippen LogP contribution in [0.15, 0.2) is 36.4 Å². The molecule has 0 radical (unpaired) electrons. The minimum atomic E-state index is -2.13. The van der Waals surface area contributed by atoms with Crippen molar-refractivity contribution in [3.05, 3.63) is 52.8 Å². The van der Waals surface area contributed by atoms with Crippen LogP contribution in [0.2, 0.25) is 21.6 Å². The molecule has 0 amide bonds. The molecule has 0 unspecified atom stereocenters. The largest absolute Gasteiger partial charge is 0.468 e. The second kappa shape index (κ2) is 16.3. The summed E-state index contributed by atoms with van der Waals surface area (Å²) in [5.41, 5.74) is 5.22. The Morgan fingerprint density at radius 3 is 2.46 bits per heavy atom. The molecule has 57 heavy (non-hydrogen) atoms. The first-order chi connectivity index (χ1) is 27.1. The fraction of sp³-hybridized carbons (Fsp3) is 0.556. The van der Waals surface area contributed by atoms with Gasteiger partial charge in [0.15, 0.2) is 12.6 Å². The van der Waals surface area contributed by atoms with Crippen LogP contribution >= 0.6 is 11.6 Å². The molecular weight excluding hydrogens is 762 g/mol. The van der Waals surface area contributed by atoms with E-state index in [4.69, 9.17) is 35.8 Å². The van der Waals surface area contributed by atoms with Crippen molar-refractivity contribution in [3.8, 4) is 34.4 Å². The van der Waals surface area contributed by atoms with E-state index in [1.54, 1.807) is 26.2 Å². The van der Waals surface area contributed by atoms with Crippen molar-refractivity contribution in [3.63, 3.8) is 0 Å². The number of anilines is 1. The third-order valence-electron chi connectivity index (χ3n) is 12.9. The average Bonchev–Trinajstić information content (AvgIpc) is 3.68. The van der Waals surface area contributed by atoms with E-state index in [1.165, 1.54) is 0 Å². The van der Waals surface area contributed by atoms with Crippen molar-refractivity contribution in [2.75, 3.05) is 51.6 Å². The number of hydrogen-bond acceptors (Lipinski definition) is 8. The third-order valence-corrected chi connectivity index (χ3v) is 19.5. The number of ether oxygens (including phenoxy) is 3. The highest BCUT2D eigenvalue weighted by Gasteiger charge is 2.49. The van der Waals surface area contributed by atoms with Gasteiger partial charge >= 0.3 is 6.01 Å². The second-order valence-corrected chi connectivity index (χ2v) is 23.7. The number of rotatable bonds is 11. The summed E-state index contributed by atoms with van der Waals surface area (Å²) in [6, 6.07) is 11.4. The van der Waals surface area contributed by atoms with E-state index < -0.39 is 31.2 Å². The lowest BCUT2D eigenvalue weighted by Crippen LogP contribution is -2.46. The van der Waals surface area contributed by atoms with E-state index in [9.17, 15) is 9.50 Å². The summed E-state index contributed by atoms with van der Waals surface area (Å²) in [4.78, 5) is 13.7. The number of β-amino-alcohol motifs (C(OH)–C–C–N with tert-alkyl or cyclic N) is 1. The smallest absolute Gasteiger partial charge is 0.319 e. The van der Waals surface area contributed by atoms with Gasteiger partial charge in [0.1, 0.15) is 37.9 Å². The Morgan fingerprint density at radius 2 is 1.75 bits per heavy atom. The first kappa shape index (κ1) is 41.6. The monoisotopic (exact) mass is 818 g/mol. The molecule has 0 aliphatic carbocycles. The quantitative estimate of drug-likeness (QED) is 0.0911. The number of methoxy groups -OCH3 is 1. The van der Waals surface area contributed by atoms with Gasteiger partial charge in [-0.1, -0.05) is 71.2 Å². The molecule has 12 heteroatoms. The number of hydrogen-bond donors (Lipinski definition) is 1. The van der Waals surface area contributed by atoms with Crippen molar-refractivity contribution in [2.24, 2.45) is 0 Å². The van der Waals surface area contributed by atoms with Crippen molar-refractivity contribution >= 4 is 47.2 Å². The van der Waals surface area contributed by atoms with Gasteiger partial charge in [-0.15, -0.1) is 5.54 Å². The summed E-state index contributed by atoms with van der Waals surface area (Å²) in [5.74, 6) is 3.91. The van der Waals surface area contributed by atoms with E-state index in [-0.39, 0.29) is 35.5 Å².